The molecule has 2 heterocycles. The molecule has 0 spiro atoms. The Balaban J connectivity index is 1.52. The summed E-state index contributed by atoms with van der Waals surface area (Å²) in [5.41, 5.74) is 1.34. The van der Waals surface area contributed by atoms with Crippen molar-refractivity contribution in [3.8, 4) is 5.75 Å². The molecule has 0 unspecified atom stereocenters. The maximum atomic E-state index is 14.6. The van der Waals surface area contributed by atoms with Gasteiger partial charge in [0.25, 0.3) is 5.91 Å². The number of rotatable bonds is 6. The van der Waals surface area contributed by atoms with Gasteiger partial charge in [-0.1, -0.05) is 6.07 Å². The van der Waals surface area contributed by atoms with Gasteiger partial charge in [0.05, 0.1) is 30.5 Å². The molecule has 1 aromatic carbocycles. The summed E-state index contributed by atoms with van der Waals surface area (Å²) in [7, 11) is 0. The zero-order valence-electron chi connectivity index (χ0n) is 16.7. The van der Waals surface area contributed by atoms with Crippen LogP contribution >= 0.6 is 0 Å². The van der Waals surface area contributed by atoms with E-state index in [0.717, 1.165) is 37.4 Å². The topological polar surface area (TPSA) is 54.5 Å². The molecule has 29 heavy (non-hydrogen) atoms. The molecule has 1 aliphatic heterocycles. The molecule has 1 saturated carbocycles. The third kappa shape index (κ3) is 3.78. The minimum atomic E-state index is -0.612. The molecule has 1 aromatic heterocycles. The fourth-order valence-electron chi connectivity index (χ4n) is 4.07. The van der Waals surface area contributed by atoms with Crippen molar-refractivity contribution >= 4 is 11.7 Å². The fourth-order valence-corrected chi connectivity index (χ4v) is 4.07. The number of ether oxygens (including phenoxy) is 1. The molecular formula is C22H25F2N3O2. The van der Waals surface area contributed by atoms with Crippen LogP contribution in [0.5, 0.6) is 5.75 Å². The molecule has 0 saturated heterocycles. The van der Waals surface area contributed by atoms with Gasteiger partial charge in [-0.05, 0) is 57.2 Å². The van der Waals surface area contributed by atoms with Gasteiger partial charge in [-0.25, -0.2) is 13.8 Å². The quantitative estimate of drug-likeness (QED) is 0.753. The molecule has 1 fully saturated rings. The Kier molecular flexibility index (Phi) is 5.39. The van der Waals surface area contributed by atoms with E-state index in [9.17, 15) is 13.6 Å². The Hall–Kier alpha value is -2.70. The SMILES string of the molecule is CCN1Cc2c(N[C@@H](C)c3ccc(OC4CCCC4)c(F)c3)ncc(F)c2C1=O. The van der Waals surface area contributed by atoms with Crippen molar-refractivity contribution in [3.05, 3.63) is 52.7 Å². The molecule has 1 atom stereocenters. The van der Waals surface area contributed by atoms with Crippen LogP contribution < -0.4 is 10.1 Å². The van der Waals surface area contributed by atoms with Gasteiger partial charge in [0.15, 0.2) is 17.4 Å². The first kappa shape index (κ1) is 19.6. The number of fused-ring (bicyclic) bond motifs is 1. The van der Waals surface area contributed by atoms with Gasteiger partial charge < -0.3 is 15.0 Å². The second-order valence-electron chi connectivity index (χ2n) is 7.71. The van der Waals surface area contributed by atoms with Crippen molar-refractivity contribution in [2.24, 2.45) is 0 Å². The zero-order valence-corrected chi connectivity index (χ0v) is 16.7. The summed E-state index contributed by atoms with van der Waals surface area (Å²) in [6.45, 7) is 4.53. The first-order valence-electron chi connectivity index (χ1n) is 10.2. The molecule has 1 N–H and O–H groups in total. The van der Waals surface area contributed by atoms with Crippen LogP contribution in [0.25, 0.3) is 0 Å². The largest absolute Gasteiger partial charge is 0.487 e. The summed E-state index contributed by atoms with van der Waals surface area (Å²) in [6, 6.07) is 4.65. The van der Waals surface area contributed by atoms with Gasteiger partial charge in [-0.2, -0.15) is 0 Å². The third-order valence-electron chi connectivity index (χ3n) is 5.77. The molecule has 4 rings (SSSR count). The second-order valence-corrected chi connectivity index (χ2v) is 7.71. The van der Waals surface area contributed by atoms with Crippen LogP contribution in [0.3, 0.4) is 0 Å². The smallest absolute Gasteiger partial charge is 0.257 e. The van der Waals surface area contributed by atoms with E-state index in [1.807, 2.05) is 19.9 Å². The standard InChI is InChI=1S/C22H25F2N3O2/c1-3-27-12-16-20(22(27)28)18(24)11-25-21(16)26-13(2)14-8-9-19(17(23)10-14)29-15-6-4-5-7-15/h8-11,13,15H,3-7,12H2,1-2H3,(H,25,26)/t13-/m0/s1. The number of halogens is 2. The number of amides is 1. The molecular weight excluding hydrogens is 376 g/mol. The van der Waals surface area contributed by atoms with Crippen molar-refractivity contribution in [2.45, 2.75) is 58.2 Å². The number of carbonyl (C=O) groups excluding carboxylic acids is 1. The van der Waals surface area contributed by atoms with Gasteiger partial charge in [-0.15, -0.1) is 0 Å². The Morgan fingerprint density at radius 3 is 2.72 bits per heavy atom. The van der Waals surface area contributed by atoms with E-state index in [2.05, 4.69) is 10.3 Å². The first-order chi connectivity index (χ1) is 14.0. The van der Waals surface area contributed by atoms with E-state index in [0.29, 0.717) is 24.5 Å². The number of nitrogens with zero attached hydrogens (tertiary/aromatic N) is 2. The van der Waals surface area contributed by atoms with Crippen LogP contribution in [-0.2, 0) is 6.54 Å². The van der Waals surface area contributed by atoms with E-state index in [4.69, 9.17) is 4.74 Å². The van der Waals surface area contributed by atoms with Gasteiger partial charge in [-0.3, -0.25) is 4.79 Å². The zero-order chi connectivity index (χ0) is 20.5. The number of aromatic nitrogens is 1. The minimum Gasteiger partial charge on any atom is -0.487 e. The first-order valence-corrected chi connectivity index (χ1v) is 10.2. The van der Waals surface area contributed by atoms with Gasteiger partial charge in [0.1, 0.15) is 5.82 Å². The summed E-state index contributed by atoms with van der Waals surface area (Å²) in [5.74, 6) is -0.605. The lowest BCUT2D eigenvalue weighted by Gasteiger charge is -2.19. The molecule has 2 aliphatic rings. The predicted molar refractivity (Wildman–Crippen MR) is 106 cm³/mol. The van der Waals surface area contributed by atoms with E-state index in [-0.39, 0.29) is 29.4 Å². The number of benzene rings is 1. The molecule has 2 aromatic rings. The van der Waals surface area contributed by atoms with Crippen molar-refractivity contribution in [2.75, 3.05) is 11.9 Å². The van der Waals surface area contributed by atoms with Gasteiger partial charge in [0.2, 0.25) is 0 Å². The van der Waals surface area contributed by atoms with E-state index in [1.165, 1.54) is 6.07 Å². The Morgan fingerprint density at radius 1 is 1.28 bits per heavy atom. The molecule has 7 heteroatoms. The van der Waals surface area contributed by atoms with Gasteiger partial charge in [0, 0.05) is 12.1 Å². The second kappa shape index (κ2) is 7.97. The number of hydrogen-bond acceptors (Lipinski definition) is 4. The van der Waals surface area contributed by atoms with Crippen LogP contribution in [-0.4, -0.2) is 28.4 Å². The number of nitrogens with one attached hydrogen (secondary N) is 1. The van der Waals surface area contributed by atoms with E-state index < -0.39 is 11.6 Å². The average molecular weight is 401 g/mol. The molecule has 5 nitrogen and oxygen atoms in total. The summed E-state index contributed by atoms with van der Waals surface area (Å²) < 4.78 is 34.5. The van der Waals surface area contributed by atoms with E-state index in [1.54, 1.807) is 11.0 Å². The maximum absolute atomic E-state index is 14.6. The molecule has 1 amide bonds. The molecule has 0 bridgehead atoms. The van der Waals surface area contributed by atoms with Crippen LogP contribution in [0.15, 0.2) is 24.4 Å². The number of carbonyl (C=O) groups is 1. The lowest BCUT2D eigenvalue weighted by Crippen LogP contribution is -2.23. The highest BCUT2D eigenvalue weighted by molar-refractivity contribution is 5.99. The van der Waals surface area contributed by atoms with Gasteiger partial charge >= 0.3 is 0 Å². The average Bonchev–Trinajstić information content (AvgIpc) is 3.33. The third-order valence-corrected chi connectivity index (χ3v) is 5.77. The Morgan fingerprint density at radius 2 is 2.03 bits per heavy atom. The summed E-state index contributed by atoms with van der Waals surface area (Å²) >= 11 is 0. The highest BCUT2D eigenvalue weighted by Gasteiger charge is 2.32. The van der Waals surface area contributed by atoms with Crippen molar-refractivity contribution < 1.29 is 18.3 Å². The van der Waals surface area contributed by atoms with Crippen molar-refractivity contribution in [1.82, 2.24) is 9.88 Å². The van der Waals surface area contributed by atoms with Crippen LogP contribution in [0.4, 0.5) is 14.6 Å². The lowest BCUT2D eigenvalue weighted by atomic mass is 10.1. The fraction of sp³-hybridized carbons (Fsp3) is 0.455. The van der Waals surface area contributed by atoms with Crippen LogP contribution in [0, 0.1) is 11.6 Å². The molecule has 0 radical (unpaired) electrons. The number of pyridine rings is 1. The van der Waals surface area contributed by atoms with Crippen molar-refractivity contribution in [1.29, 1.82) is 0 Å². The Bertz CT molecular complexity index is 929. The van der Waals surface area contributed by atoms with Crippen LogP contribution in [0.2, 0.25) is 0 Å². The summed E-state index contributed by atoms with van der Waals surface area (Å²) in [4.78, 5) is 18.1. The normalized spacial score (nSPS) is 17.5. The van der Waals surface area contributed by atoms with E-state index >= 15 is 0 Å². The monoisotopic (exact) mass is 401 g/mol. The highest BCUT2D eigenvalue weighted by Crippen LogP contribution is 2.33. The van der Waals surface area contributed by atoms with Crippen molar-refractivity contribution in [3.63, 3.8) is 0 Å². The summed E-state index contributed by atoms with van der Waals surface area (Å²) in [6.07, 6.45) is 5.33. The van der Waals surface area contributed by atoms with Crippen LogP contribution in [0.1, 0.15) is 67.1 Å². The predicted octanol–water partition coefficient (Wildman–Crippen LogP) is 4.83. The molecule has 1 aliphatic carbocycles. The number of anilines is 1. The lowest BCUT2D eigenvalue weighted by molar-refractivity contribution is 0.0784. The highest BCUT2D eigenvalue weighted by atomic mass is 19.1. The Labute approximate surface area is 169 Å². The number of hydrogen-bond donors (Lipinski definition) is 1. The minimum absolute atomic E-state index is 0.0723. The maximum Gasteiger partial charge on any atom is 0.257 e. The molecule has 154 valence electrons. The summed E-state index contributed by atoms with van der Waals surface area (Å²) in [5, 5.41) is 3.21.